The number of methoxy groups -OCH3 is 1. The van der Waals surface area contributed by atoms with Crippen molar-refractivity contribution < 1.29 is 4.74 Å². The van der Waals surface area contributed by atoms with Crippen LogP contribution in [0, 0.1) is 0 Å². The van der Waals surface area contributed by atoms with Gasteiger partial charge in [-0.05, 0) is 41.4 Å². The van der Waals surface area contributed by atoms with Crippen molar-refractivity contribution in [3.63, 3.8) is 0 Å². The predicted octanol–water partition coefficient (Wildman–Crippen LogP) is 3.24. The minimum Gasteiger partial charge on any atom is -0.481 e. The van der Waals surface area contributed by atoms with Crippen LogP contribution in [0.4, 0.5) is 0 Å². The molecule has 4 heteroatoms. The SMILES string of the molecule is CCCNC(c1ccsc1)c1cccnc1OC. The standard InChI is InChI=1S/C14H18N2OS/c1-3-7-15-13(11-6-9-18-10-11)12-5-4-8-16-14(12)17-2/h4-6,8-10,13,15H,3,7H2,1-2H3. The quantitative estimate of drug-likeness (QED) is 0.867. The van der Waals surface area contributed by atoms with Gasteiger partial charge in [0.05, 0.1) is 13.2 Å². The van der Waals surface area contributed by atoms with Crippen molar-refractivity contribution in [2.24, 2.45) is 0 Å². The summed E-state index contributed by atoms with van der Waals surface area (Å²) in [6.07, 6.45) is 2.86. The molecular formula is C14H18N2OS. The van der Waals surface area contributed by atoms with Crippen LogP contribution in [0.1, 0.15) is 30.5 Å². The van der Waals surface area contributed by atoms with Gasteiger partial charge in [0.1, 0.15) is 0 Å². The van der Waals surface area contributed by atoms with Crippen molar-refractivity contribution in [1.29, 1.82) is 0 Å². The average molecular weight is 262 g/mol. The van der Waals surface area contributed by atoms with Gasteiger partial charge in [0.25, 0.3) is 0 Å². The minimum absolute atomic E-state index is 0.153. The van der Waals surface area contributed by atoms with Crippen LogP contribution in [0.15, 0.2) is 35.2 Å². The number of ether oxygens (including phenoxy) is 1. The van der Waals surface area contributed by atoms with Gasteiger partial charge in [-0.1, -0.05) is 13.0 Å². The Morgan fingerprint density at radius 1 is 1.44 bits per heavy atom. The molecule has 0 saturated heterocycles. The number of thiophene rings is 1. The summed E-state index contributed by atoms with van der Waals surface area (Å²) in [5, 5.41) is 7.81. The van der Waals surface area contributed by atoms with Crippen LogP contribution in [0.2, 0.25) is 0 Å². The van der Waals surface area contributed by atoms with Crippen molar-refractivity contribution in [2.45, 2.75) is 19.4 Å². The fraction of sp³-hybridized carbons (Fsp3) is 0.357. The van der Waals surface area contributed by atoms with Gasteiger partial charge in [-0.2, -0.15) is 11.3 Å². The first-order valence-corrected chi connectivity index (χ1v) is 7.05. The van der Waals surface area contributed by atoms with Crippen LogP contribution in [0.5, 0.6) is 5.88 Å². The third-order valence-electron chi connectivity index (χ3n) is 2.78. The maximum absolute atomic E-state index is 5.36. The Labute approximate surface area is 112 Å². The number of rotatable bonds is 6. The highest BCUT2D eigenvalue weighted by Gasteiger charge is 2.18. The van der Waals surface area contributed by atoms with E-state index in [0.717, 1.165) is 18.5 Å². The zero-order valence-corrected chi connectivity index (χ0v) is 11.5. The number of aromatic nitrogens is 1. The van der Waals surface area contributed by atoms with Crippen molar-refractivity contribution in [1.82, 2.24) is 10.3 Å². The lowest BCUT2D eigenvalue weighted by molar-refractivity contribution is 0.387. The summed E-state index contributed by atoms with van der Waals surface area (Å²) >= 11 is 1.71. The first-order chi connectivity index (χ1) is 8.86. The molecule has 2 rings (SSSR count). The highest BCUT2D eigenvalue weighted by molar-refractivity contribution is 7.08. The van der Waals surface area contributed by atoms with E-state index in [0.29, 0.717) is 5.88 Å². The molecule has 1 unspecified atom stereocenters. The predicted molar refractivity (Wildman–Crippen MR) is 75.2 cm³/mol. The van der Waals surface area contributed by atoms with E-state index in [1.165, 1.54) is 5.56 Å². The van der Waals surface area contributed by atoms with Crippen LogP contribution >= 0.6 is 11.3 Å². The molecule has 1 atom stereocenters. The summed E-state index contributed by atoms with van der Waals surface area (Å²) in [4.78, 5) is 4.28. The fourth-order valence-corrected chi connectivity index (χ4v) is 2.61. The smallest absolute Gasteiger partial charge is 0.218 e. The molecule has 0 saturated carbocycles. The Hall–Kier alpha value is -1.39. The Bertz CT molecular complexity index is 470. The molecule has 0 fully saturated rings. The van der Waals surface area contributed by atoms with Crippen molar-refractivity contribution in [2.75, 3.05) is 13.7 Å². The van der Waals surface area contributed by atoms with Crippen molar-refractivity contribution >= 4 is 11.3 Å². The largest absolute Gasteiger partial charge is 0.481 e. The second-order valence-electron chi connectivity index (χ2n) is 4.05. The molecule has 0 radical (unpaired) electrons. The van der Waals surface area contributed by atoms with Crippen LogP contribution < -0.4 is 10.1 Å². The zero-order chi connectivity index (χ0) is 12.8. The monoisotopic (exact) mass is 262 g/mol. The summed E-state index contributed by atoms with van der Waals surface area (Å²) < 4.78 is 5.36. The number of nitrogens with one attached hydrogen (secondary N) is 1. The molecule has 0 aliphatic carbocycles. The van der Waals surface area contributed by atoms with Crippen molar-refractivity contribution in [3.8, 4) is 5.88 Å². The normalized spacial score (nSPS) is 12.3. The van der Waals surface area contributed by atoms with E-state index < -0.39 is 0 Å². The Kier molecular flexibility index (Phi) is 4.73. The Morgan fingerprint density at radius 2 is 2.33 bits per heavy atom. The van der Waals surface area contributed by atoms with Gasteiger partial charge in [-0.25, -0.2) is 4.98 Å². The van der Waals surface area contributed by atoms with E-state index in [1.807, 2.05) is 6.07 Å². The van der Waals surface area contributed by atoms with Crippen molar-refractivity contribution in [3.05, 3.63) is 46.3 Å². The third kappa shape index (κ3) is 2.89. The number of nitrogens with zero attached hydrogens (tertiary/aromatic N) is 1. The highest BCUT2D eigenvalue weighted by Crippen LogP contribution is 2.29. The molecule has 0 aliphatic heterocycles. The van der Waals surface area contributed by atoms with Gasteiger partial charge in [0, 0.05) is 11.8 Å². The topological polar surface area (TPSA) is 34.2 Å². The van der Waals surface area contributed by atoms with Gasteiger partial charge in [-0.3, -0.25) is 0 Å². The van der Waals surface area contributed by atoms with E-state index >= 15 is 0 Å². The summed E-state index contributed by atoms with van der Waals surface area (Å²) in [6, 6.07) is 6.31. The lowest BCUT2D eigenvalue weighted by Crippen LogP contribution is -2.23. The fourth-order valence-electron chi connectivity index (χ4n) is 1.93. The molecule has 96 valence electrons. The van der Waals surface area contributed by atoms with E-state index in [-0.39, 0.29) is 6.04 Å². The maximum Gasteiger partial charge on any atom is 0.218 e. The van der Waals surface area contributed by atoms with E-state index in [4.69, 9.17) is 4.74 Å². The zero-order valence-electron chi connectivity index (χ0n) is 10.7. The molecule has 2 aromatic heterocycles. The van der Waals surface area contributed by atoms with Crippen LogP contribution in [-0.4, -0.2) is 18.6 Å². The van der Waals surface area contributed by atoms with E-state index in [9.17, 15) is 0 Å². The van der Waals surface area contributed by atoms with E-state index in [1.54, 1.807) is 24.6 Å². The molecule has 18 heavy (non-hydrogen) atoms. The Balaban J connectivity index is 2.33. The maximum atomic E-state index is 5.36. The summed E-state index contributed by atoms with van der Waals surface area (Å²) in [6.45, 7) is 3.14. The van der Waals surface area contributed by atoms with Gasteiger partial charge < -0.3 is 10.1 Å². The molecule has 1 N–H and O–H groups in total. The molecule has 0 amide bonds. The first kappa shape index (κ1) is 13.1. The molecule has 0 aliphatic rings. The lowest BCUT2D eigenvalue weighted by Gasteiger charge is -2.19. The second kappa shape index (κ2) is 6.52. The van der Waals surface area contributed by atoms with Gasteiger partial charge >= 0.3 is 0 Å². The van der Waals surface area contributed by atoms with Crippen LogP contribution in [-0.2, 0) is 0 Å². The average Bonchev–Trinajstić information content (AvgIpc) is 2.94. The molecule has 0 aromatic carbocycles. The summed E-state index contributed by atoms with van der Waals surface area (Å²) in [7, 11) is 1.66. The number of hydrogen-bond donors (Lipinski definition) is 1. The van der Waals surface area contributed by atoms with Gasteiger partial charge in [0.2, 0.25) is 5.88 Å². The highest BCUT2D eigenvalue weighted by atomic mass is 32.1. The molecule has 2 aromatic rings. The molecule has 0 spiro atoms. The molecule has 2 heterocycles. The van der Waals surface area contributed by atoms with Gasteiger partial charge in [-0.15, -0.1) is 0 Å². The lowest BCUT2D eigenvalue weighted by atomic mass is 10.0. The number of pyridine rings is 1. The minimum atomic E-state index is 0.153. The second-order valence-corrected chi connectivity index (χ2v) is 4.83. The Morgan fingerprint density at radius 3 is 3.00 bits per heavy atom. The molecular weight excluding hydrogens is 244 g/mol. The summed E-state index contributed by atoms with van der Waals surface area (Å²) in [5.74, 6) is 0.692. The molecule has 0 bridgehead atoms. The molecule has 3 nitrogen and oxygen atoms in total. The van der Waals surface area contributed by atoms with E-state index in [2.05, 4.69) is 40.1 Å². The van der Waals surface area contributed by atoms with Crippen LogP contribution in [0.25, 0.3) is 0 Å². The van der Waals surface area contributed by atoms with Gasteiger partial charge in [0.15, 0.2) is 0 Å². The summed E-state index contributed by atoms with van der Waals surface area (Å²) in [5.41, 5.74) is 2.35. The van der Waals surface area contributed by atoms with Crippen LogP contribution in [0.3, 0.4) is 0 Å². The first-order valence-electron chi connectivity index (χ1n) is 6.11. The third-order valence-corrected chi connectivity index (χ3v) is 3.48. The number of hydrogen-bond acceptors (Lipinski definition) is 4.